The van der Waals surface area contributed by atoms with Crippen LogP contribution in [0.1, 0.15) is 5.69 Å². The van der Waals surface area contributed by atoms with Crippen LogP contribution < -0.4 is 4.72 Å². The predicted molar refractivity (Wildman–Crippen MR) is 90.3 cm³/mol. The molecule has 3 aromatic rings. The molecule has 0 aliphatic rings. The molecular formula is C16H12FN3O4S. The third-order valence-electron chi connectivity index (χ3n) is 3.50. The van der Waals surface area contributed by atoms with E-state index in [0.717, 1.165) is 12.1 Å². The smallest absolute Gasteiger partial charge is 0.279 e. The first-order valence-corrected chi connectivity index (χ1v) is 8.59. The van der Waals surface area contributed by atoms with Gasteiger partial charge in [-0.1, -0.05) is 18.2 Å². The molecule has 2 aromatic carbocycles. The average molecular weight is 361 g/mol. The summed E-state index contributed by atoms with van der Waals surface area (Å²) in [4.78, 5) is 13.8. The summed E-state index contributed by atoms with van der Waals surface area (Å²) in [6, 6.07) is 10.7. The van der Waals surface area contributed by atoms with Gasteiger partial charge in [-0.2, -0.15) is 0 Å². The second-order valence-electron chi connectivity index (χ2n) is 5.30. The van der Waals surface area contributed by atoms with E-state index in [9.17, 15) is 22.9 Å². The maximum Gasteiger partial charge on any atom is 0.292 e. The van der Waals surface area contributed by atoms with Gasteiger partial charge in [0.15, 0.2) is 4.90 Å². The number of rotatable bonds is 4. The number of aromatic nitrogens is 1. The molecule has 0 aliphatic carbocycles. The van der Waals surface area contributed by atoms with E-state index in [-0.39, 0.29) is 5.69 Å². The Labute approximate surface area is 142 Å². The summed E-state index contributed by atoms with van der Waals surface area (Å²) < 4.78 is 40.9. The van der Waals surface area contributed by atoms with Gasteiger partial charge in [-0.3, -0.25) is 19.8 Å². The Morgan fingerprint density at radius 3 is 2.60 bits per heavy atom. The number of sulfonamides is 1. The van der Waals surface area contributed by atoms with E-state index in [4.69, 9.17) is 0 Å². The minimum absolute atomic E-state index is 0.238. The largest absolute Gasteiger partial charge is 0.292 e. The summed E-state index contributed by atoms with van der Waals surface area (Å²) in [6.45, 7) is 1.70. The number of fused-ring (bicyclic) bond motifs is 1. The fraction of sp³-hybridized carbons (Fsp3) is 0.0625. The van der Waals surface area contributed by atoms with Crippen LogP contribution in [0.4, 0.5) is 15.8 Å². The summed E-state index contributed by atoms with van der Waals surface area (Å²) >= 11 is 0. The fourth-order valence-corrected chi connectivity index (χ4v) is 3.68. The Bertz CT molecular complexity index is 1100. The molecule has 25 heavy (non-hydrogen) atoms. The highest BCUT2D eigenvalue weighted by molar-refractivity contribution is 7.92. The molecule has 0 unspecified atom stereocenters. The SMILES string of the molecule is Cc1cc(NS(=O)(=O)c2ccc(F)cc2[N+](=O)[O-])c2ccccc2n1. The highest BCUT2D eigenvalue weighted by atomic mass is 32.2. The Morgan fingerprint density at radius 1 is 1.16 bits per heavy atom. The molecule has 0 spiro atoms. The van der Waals surface area contributed by atoms with Crippen molar-refractivity contribution in [1.29, 1.82) is 0 Å². The molecule has 0 saturated heterocycles. The van der Waals surface area contributed by atoms with Gasteiger partial charge in [0.2, 0.25) is 0 Å². The summed E-state index contributed by atoms with van der Waals surface area (Å²) in [5, 5.41) is 11.6. The van der Waals surface area contributed by atoms with Crippen LogP contribution in [0.2, 0.25) is 0 Å². The Hall–Kier alpha value is -3.07. The number of hydrogen-bond acceptors (Lipinski definition) is 5. The van der Waals surface area contributed by atoms with Crippen molar-refractivity contribution in [3.63, 3.8) is 0 Å². The molecule has 0 amide bonds. The molecule has 1 aromatic heterocycles. The molecule has 0 atom stereocenters. The zero-order chi connectivity index (χ0) is 18.2. The van der Waals surface area contributed by atoms with E-state index in [0.29, 0.717) is 22.7 Å². The van der Waals surface area contributed by atoms with Crippen LogP contribution >= 0.6 is 0 Å². The number of nitrogens with zero attached hydrogens (tertiary/aromatic N) is 2. The van der Waals surface area contributed by atoms with Crippen molar-refractivity contribution in [2.24, 2.45) is 0 Å². The van der Waals surface area contributed by atoms with E-state index < -0.39 is 31.3 Å². The third kappa shape index (κ3) is 3.26. The maximum atomic E-state index is 13.3. The Morgan fingerprint density at radius 2 is 1.88 bits per heavy atom. The summed E-state index contributed by atoms with van der Waals surface area (Å²) in [5.74, 6) is -0.893. The molecule has 0 bridgehead atoms. The van der Waals surface area contributed by atoms with Crippen LogP contribution in [0.3, 0.4) is 0 Å². The molecule has 0 fully saturated rings. The first-order chi connectivity index (χ1) is 11.8. The molecule has 1 heterocycles. The van der Waals surface area contributed by atoms with Crippen LogP contribution in [0.5, 0.6) is 0 Å². The Balaban J connectivity index is 2.14. The van der Waals surface area contributed by atoms with Crippen molar-refractivity contribution in [2.45, 2.75) is 11.8 Å². The van der Waals surface area contributed by atoms with Crippen LogP contribution in [0.15, 0.2) is 53.4 Å². The molecule has 0 radical (unpaired) electrons. The van der Waals surface area contributed by atoms with Gasteiger partial charge in [-0.05, 0) is 31.2 Å². The van der Waals surface area contributed by atoms with Crippen molar-refractivity contribution in [3.05, 3.63) is 70.2 Å². The minimum Gasteiger partial charge on any atom is -0.279 e. The first kappa shape index (κ1) is 16.8. The fourth-order valence-electron chi connectivity index (χ4n) is 2.45. The van der Waals surface area contributed by atoms with Crippen LogP contribution in [0.25, 0.3) is 10.9 Å². The van der Waals surface area contributed by atoms with Crippen LogP contribution in [-0.4, -0.2) is 18.3 Å². The van der Waals surface area contributed by atoms with E-state index in [1.54, 1.807) is 31.2 Å². The number of pyridine rings is 1. The lowest BCUT2D eigenvalue weighted by Gasteiger charge is -2.11. The lowest BCUT2D eigenvalue weighted by Crippen LogP contribution is -2.15. The normalized spacial score (nSPS) is 11.4. The molecule has 0 aliphatic heterocycles. The highest BCUT2D eigenvalue weighted by Crippen LogP contribution is 2.29. The number of nitro groups is 1. The Kier molecular flexibility index (Phi) is 4.09. The number of nitro benzene ring substituents is 1. The van der Waals surface area contributed by atoms with Gasteiger partial charge < -0.3 is 0 Å². The van der Waals surface area contributed by atoms with Gasteiger partial charge in [-0.25, -0.2) is 12.8 Å². The number of hydrogen-bond donors (Lipinski definition) is 1. The van der Waals surface area contributed by atoms with Gasteiger partial charge in [0.1, 0.15) is 5.82 Å². The average Bonchev–Trinajstić information content (AvgIpc) is 2.54. The zero-order valence-electron chi connectivity index (χ0n) is 12.9. The number of aryl methyl sites for hydroxylation is 1. The quantitative estimate of drug-likeness (QED) is 0.567. The van der Waals surface area contributed by atoms with Crippen molar-refractivity contribution in [3.8, 4) is 0 Å². The number of para-hydroxylation sites is 1. The molecule has 3 rings (SSSR count). The van der Waals surface area contributed by atoms with Crippen LogP contribution in [0, 0.1) is 22.9 Å². The third-order valence-corrected chi connectivity index (χ3v) is 4.91. The van der Waals surface area contributed by atoms with E-state index in [2.05, 4.69) is 9.71 Å². The molecule has 128 valence electrons. The monoisotopic (exact) mass is 361 g/mol. The molecular weight excluding hydrogens is 349 g/mol. The van der Waals surface area contributed by atoms with Gasteiger partial charge >= 0.3 is 0 Å². The number of benzene rings is 2. The van der Waals surface area contributed by atoms with Crippen molar-refractivity contribution >= 4 is 32.3 Å². The van der Waals surface area contributed by atoms with Gasteiger partial charge in [0, 0.05) is 11.1 Å². The lowest BCUT2D eigenvalue weighted by molar-refractivity contribution is -0.388. The van der Waals surface area contributed by atoms with Gasteiger partial charge in [0.05, 0.1) is 22.2 Å². The first-order valence-electron chi connectivity index (χ1n) is 7.11. The zero-order valence-corrected chi connectivity index (χ0v) is 13.7. The summed E-state index contributed by atoms with van der Waals surface area (Å²) in [7, 11) is -4.30. The van der Waals surface area contributed by atoms with Crippen LogP contribution in [-0.2, 0) is 10.0 Å². The van der Waals surface area contributed by atoms with Gasteiger partial charge in [0.25, 0.3) is 15.7 Å². The van der Waals surface area contributed by atoms with E-state index in [1.165, 1.54) is 6.07 Å². The van der Waals surface area contributed by atoms with Crippen molar-refractivity contribution in [2.75, 3.05) is 4.72 Å². The molecule has 9 heteroatoms. The standard InChI is InChI=1S/C16H12FN3O4S/c1-10-8-14(12-4-2-3-5-13(12)18-10)19-25(23,24)16-7-6-11(17)9-15(16)20(21)22/h2-9H,1H3,(H,18,19). The topological polar surface area (TPSA) is 102 Å². The minimum atomic E-state index is -4.30. The molecule has 7 nitrogen and oxygen atoms in total. The van der Waals surface area contributed by atoms with E-state index in [1.807, 2.05) is 0 Å². The highest BCUT2D eigenvalue weighted by Gasteiger charge is 2.27. The summed E-state index contributed by atoms with van der Waals surface area (Å²) in [6.07, 6.45) is 0. The predicted octanol–water partition coefficient (Wildman–Crippen LogP) is 3.39. The van der Waals surface area contributed by atoms with Crippen molar-refractivity contribution in [1.82, 2.24) is 4.98 Å². The van der Waals surface area contributed by atoms with Gasteiger partial charge in [-0.15, -0.1) is 0 Å². The molecule has 1 N–H and O–H groups in total. The van der Waals surface area contributed by atoms with E-state index >= 15 is 0 Å². The second kappa shape index (κ2) is 6.10. The number of nitrogens with one attached hydrogen (secondary N) is 1. The van der Waals surface area contributed by atoms with Crippen molar-refractivity contribution < 1.29 is 17.7 Å². The second-order valence-corrected chi connectivity index (χ2v) is 6.95. The maximum absolute atomic E-state index is 13.3. The molecule has 0 saturated carbocycles. The number of anilines is 1. The number of halogens is 1. The lowest BCUT2D eigenvalue weighted by atomic mass is 10.2. The summed E-state index contributed by atoms with van der Waals surface area (Å²) in [5.41, 5.74) is 0.558.